The number of aromatic amines is 1. The van der Waals surface area contributed by atoms with Crippen molar-refractivity contribution in [2.45, 2.75) is 17.0 Å². The summed E-state index contributed by atoms with van der Waals surface area (Å²) in [6.45, 7) is 2.06. The first-order chi connectivity index (χ1) is 6.34. The van der Waals surface area contributed by atoms with E-state index in [-0.39, 0.29) is 0 Å². The molecule has 0 aliphatic carbocycles. The molecule has 0 unspecified atom stereocenters. The van der Waals surface area contributed by atoms with Crippen LogP contribution in [0.25, 0.3) is 0 Å². The van der Waals surface area contributed by atoms with Gasteiger partial charge in [-0.25, -0.2) is 5.10 Å². The maximum absolute atomic E-state index is 3.79. The number of aromatic nitrogens is 4. The largest absolute Gasteiger partial charge is 0.234 e. The van der Waals surface area contributed by atoms with Gasteiger partial charge in [0.1, 0.15) is 0 Å². The Bertz CT molecular complexity index is 385. The van der Waals surface area contributed by atoms with Crippen molar-refractivity contribution in [3.63, 3.8) is 0 Å². The summed E-state index contributed by atoms with van der Waals surface area (Å²) in [5, 5.41) is 14.2. The van der Waals surface area contributed by atoms with E-state index in [4.69, 9.17) is 0 Å². The third-order valence-corrected chi connectivity index (χ3v) is 2.39. The topological polar surface area (TPSA) is 54.5 Å². The molecule has 1 heterocycles. The molecule has 0 radical (unpaired) electrons. The zero-order chi connectivity index (χ0) is 9.10. The molecule has 13 heavy (non-hydrogen) atoms. The summed E-state index contributed by atoms with van der Waals surface area (Å²) in [5.41, 5.74) is 1.23. The van der Waals surface area contributed by atoms with Crippen LogP contribution in [0.5, 0.6) is 0 Å². The SMILES string of the molecule is Cc1cccc(Sc2nnn[nH]2)c1. The smallest absolute Gasteiger partial charge is 0.211 e. The van der Waals surface area contributed by atoms with E-state index in [1.165, 1.54) is 17.3 Å². The average molecular weight is 192 g/mol. The molecular weight excluding hydrogens is 184 g/mol. The molecule has 2 rings (SSSR count). The van der Waals surface area contributed by atoms with Gasteiger partial charge in [0.25, 0.3) is 0 Å². The Morgan fingerprint density at radius 3 is 3.00 bits per heavy atom. The van der Waals surface area contributed by atoms with Crippen LogP contribution in [0.2, 0.25) is 0 Å². The van der Waals surface area contributed by atoms with Crippen LogP contribution in [-0.4, -0.2) is 20.6 Å². The fraction of sp³-hybridized carbons (Fsp3) is 0.125. The normalized spacial score (nSPS) is 10.2. The number of aryl methyl sites for hydroxylation is 1. The molecule has 1 N–H and O–H groups in total. The van der Waals surface area contributed by atoms with Crippen molar-refractivity contribution < 1.29 is 0 Å². The summed E-state index contributed by atoms with van der Waals surface area (Å²) in [5.74, 6) is 0. The lowest BCUT2D eigenvalue weighted by Gasteiger charge is -1.97. The van der Waals surface area contributed by atoms with Crippen molar-refractivity contribution >= 4 is 11.8 Å². The summed E-state index contributed by atoms with van der Waals surface area (Å²) in [7, 11) is 0. The molecule has 0 amide bonds. The number of rotatable bonds is 2. The van der Waals surface area contributed by atoms with E-state index < -0.39 is 0 Å². The Hall–Kier alpha value is -1.36. The standard InChI is InChI=1S/C8H8N4S/c1-6-3-2-4-7(5-6)13-8-9-11-12-10-8/h2-5H,1H3,(H,9,10,11,12). The fourth-order valence-corrected chi connectivity index (χ4v) is 1.76. The lowest BCUT2D eigenvalue weighted by atomic mass is 10.2. The summed E-state index contributed by atoms with van der Waals surface area (Å²) in [6.07, 6.45) is 0. The van der Waals surface area contributed by atoms with Crippen LogP contribution in [0, 0.1) is 6.92 Å². The first-order valence-corrected chi connectivity index (χ1v) is 4.64. The van der Waals surface area contributed by atoms with Gasteiger partial charge in [-0.15, -0.1) is 5.10 Å². The maximum Gasteiger partial charge on any atom is 0.211 e. The van der Waals surface area contributed by atoms with Crippen LogP contribution in [-0.2, 0) is 0 Å². The highest BCUT2D eigenvalue weighted by atomic mass is 32.2. The third kappa shape index (κ3) is 2.06. The molecule has 0 saturated heterocycles. The van der Waals surface area contributed by atoms with Crippen LogP contribution in [0.15, 0.2) is 34.3 Å². The van der Waals surface area contributed by atoms with Gasteiger partial charge in [-0.1, -0.05) is 17.7 Å². The number of H-pyrrole nitrogens is 1. The van der Waals surface area contributed by atoms with Gasteiger partial charge in [0.05, 0.1) is 0 Å². The number of benzene rings is 1. The number of nitrogens with one attached hydrogen (secondary N) is 1. The van der Waals surface area contributed by atoms with E-state index in [0.29, 0.717) is 5.16 Å². The zero-order valence-corrected chi connectivity index (χ0v) is 7.88. The minimum Gasteiger partial charge on any atom is -0.234 e. The number of hydrogen-bond acceptors (Lipinski definition) is 4. The molecule has 0 aliphatic heterocycles. The Labute approximate surface area is 79.8 Å². The number of tetrazole rings is 1. The van der Waals surface area contributed by atoms with Crippen LogP contribution in [0.4, 0.5) is 0 Å². The molecule has 5 heteroatoms. The van der Waals surface area contributed by atoms with Gasteiger partial charge in [0, 0.05) is 4.90 Å². The first kappa shape index (κ1) is 8.25. The second-order valence-electron chi connectivity index (χ2n) is 2.62. The van der Waals surface area contributed by atoms with E-state index >= 15 is 0 Å². The average Bonchev–Trinajstić information content (AvgIpc) is 2.57. The van der Waals surface area contributed by atoms with Gasteiger partial charge in [0.15, 0.2) is 0 Å². The minimum absolute atomic E-state index is 0.714. The van der Waals surface area contributed by atoms with E-state index in [2.05, 4.69) is 39.7 Å². The van der Waals surface area contributed by atoms with Crippen LogP contribution < -0.4 is 0 Å². The van der Waals surface area contributed by atoms with Gasteiger partial charge < -0.3 is 0 Å². The second kappa shape index (κ2) is 3.57. The minimum atomic E-state index is 0.714. The number of nitrogens with zero attached hydrogens (tertiary/aromatic N) is 3. The van der Waals surface area contributed by atoms with Crippen molar-refractivity contribution in [3.8, 4) is 0 Å². The van der Waals surface area contributed by atoms with E-state index in [9.17, 15) is 0 Å². The number of hydrogen-bond donors (Lipinski definition) is 1. The van der Waals surface area contributed by atoms with Crippen molar-refractivity contribution in [3.05, 3.63) is 29.8 Å². The van der Waals surface area contributed by atoms with Gasteiger partial charge in [0.2, 0.25) is 5.16 Å². The van der Waals surface area contributed by atoms with Crippen molar-refractivity contribution in [1.82, 2.24) is 20.6 Å². The zero-order valence-electron chi connectivity index (χ0n) is 7.06. The maximum atomic E-state index is 3.79. The highest BCUT2D eigenvalue weighted by Crippen LogP contribution is 2.23. The summed E-state index contributed by atoms with van der Waals surface area (Å²) in [4.78, 5) is 1.14. The van der Waals surface area contributed by atoms with Gasteiger partial charge >= 0.3 is 0 Å². The molecule has 0 bridgehead atoms. The van der Waals surface area contributed by atoms with Gasteiger partial charge in [-0.05, 0) is 41.2 Å². The van der Waals surface area contributed by atoms with Crippen molar-refractivity contribution in [2.24, 2.45) is 0 Å². The van der Waals surface area contributed by atoms with E-state index in [1.54, 1.807) is 0 Å². The highest BCUT2D eigenvalue weighted by molar-refractivity contribution is 7.99. The first-order valence-electron chi connectivity index (χ1n) is 3.83. The Morgan fingerprint density at radius 1 is 1.38 bits per heavy atom. The molecule has 66 valence electrons. The molecule has 1 aromatic heterocycles. The second-order valence-corrected chi connectivity index (χ2v) is 3.69. The molecule has 0 atom stereocenters. The monoisotopic (exact) mass is 192 g/mol. The Balaban J connectivity index is 2.19. The van der Waals surface area contributed by atoms with Crippen LogP contribution in [0.1, 0.15) is 5.56 Å². The van der Waals surface area contributed by atoms with Crippen LogP contribution >= 0.6 is 11.8 Å². The molecular formula is C8H8N4S. The molecule has 0 spiro atoms. The lowest BCUT2D eigenvalue weighted by Crippen LogP contribution is -1.77. The predicted molar refractivity (Wildman–Crippen MR) is 49.5 cm³/mol. The lowest BCUT2D eigenvalue weighted by molar-refractivity contribution is 0.881. The summed E-state index contributed by atoms with van der Waals surface area (Å²) in [6, 6.07) is 8.19. The fourth-order valence-electron chi connectivity index (χ4n) is 0.984. The van der Waals surface area contributed by atoms with Gasteiger partial charge in [-0.2, -0.15) is 0 Å². The molecule has 0 saturated carbocycles. The summed E-state index contributed by atoms with van der Waals surface area (Å²) >= 11 is 1.52. The van der Waals surface area contributed by atoms with E-state index in [0.717, 1.165) is 4.90 Å². The molecule has 0 aliphatic rings. The molecule has 0 fully saturated rings. The van der Waals surface area contributed by atoms with Crippen LogP contribution in [0.3, 0.4) is 0 Å². The highest BCUT2D eigenvalue weighted by Gasteiger charge is 1.99. The molecule has 2 aromatic rings. The molecule has 4 nitrogen and oxygen atoms in total. The quantitative estimate of drug-likeness (QED) is 0.786. The molecule has 1 aromatic carbocycles. The van der Waals surface area contributed by atoms with Crippen molar-refractivity contribution in [2.75, 3.05) is 0 Å². The predicted octanol–water partition coefficient (Wildman–Crippen LogP) is 1.66. The Morgan fingerprint density at radius 2 is 2.31 bits per heavy atom. The van der Waals surface area contributed by atoms with E-state index in [1.807, 2.05) is 12.1 Å². The summed E-state index contributed by atoms with van der Waals surface area (Å²) < 4.78 is 0. The third-order valence-electron chi connectivity index (χ3n) is 1.53. The van der Waals surface area contributed by atoms with Gasteiger partial charge in [-0.3, -0.25) is 0 Å². The Kier molecular flexibility index (Phi) is 2.27. The van der Waals surface area contributed by atoms with Crippen molar-refractivity contribution in [1.29, 1.82) is 0 Å².